The molecule has 0 unspecified atom stereocenters. The number of hydrogen-bond acceptors (Lipinski definition) is 5. The van der Waals surface area contributed by atoms with Gasteiger partial charge in [-0.2, -0.15) is 0 Å². The van der Waals surface area contributed by atoms with E-state index in [0.717, 1.165) is 5.56 Å². The molecule has 0 saturated heterocycles. The molecule has 3 aromatic rings. The number of benzene rings is 2. The smallest absolute Gasteiger partial charge is 0.251 e. The van der Waals surface area contributed by atoms with Gasteiger partial charge in [-0.15, -0.1) is 10.2 Å². The van der Waals surface area contributed by atoms with E-state index < -0.39 is 0 Å². The summed E-state index contributed by atoms with van der Waals surface area (Å²) in [5.41, 5.74) is 1.68. The summed E-state index contributed by atoms with van der Waals surface area (Å²) in [4.78, 5) is 12.0. The highest BCUT2D eigenvalue weighted by Gasteiger charge is 2.13. The van der Waals surface area contributed by atoms with Gasteiger partial charge in [0.1, 0.15) is 11.6 Å². The number of hydrogen-bond donors (Lipinski definition) is 1. The summed E-state index contributed by atoms with van der Waals surface area (Å²) in [5, 5.41) is 10.8. The number of aryl methyl sites for hydroxylation is 1. The molecule has 7 heteroatoms. The number of carbonyl (C=O) groups is 1. The number of rotatable bonds is 8. The van der Waals surface area contributed by atoms with Crippen molar-refractivity contribution in [2.45, 2.75) is 19.3 Å². The third-order valence-electron chi connectivity index (χ3n) is 4.02. The van der Waals surface area contributed by atoms with E-state index in [2.05, 4.69) is 15.5 Å². The maximum Gasteiger partial charge on any atom is 0.251 e. The van der Waals surface area contributed by atoms with Crippen LogP contribution in [0.3, 0.4) is 0 Å². The molecule has 0 saturated carbocycles. The Hall–Kier alpha value is -3.22. The van der Waals surface area contributed by atoms with Crippen molar-refractivity contribution >= 4 is 5.91 Å². The minimum atomic E-state index is -0.269. The molecule has 0 atom stereocenters. The molecule has 3 rings (SSSR count). The van der Waals surface area contributed by atoms with Crippen LogP contribution in [-0.2, 0) is 17.6 Å². The molecule has 0 bridgehead atoms. The summed E-state index contributed by atoms with van der Waals surface area (Å²) in [7, 11) is 1.58. The van der Waals surface area contributed by atoms with E-state index in [0.29, 0.717) is 42.5 Å². The van der Waals surface area contributed by atoms with E-state index in [4.69, 9.17) is 9.15 Å². The van der Waals surface area contributed by atoms with Crippen LogP contribution >= 0.6 is 0 Å². The lowest BCUT2D eigenvalue weighted by Gasteiger charge is -2.05. The molecule has 0 aliphatic carbocycles. The molecule has 1 aromatic heterocycles. The fraction of sp³-hybridized carbons (Fsp3) is 0.250. The SMILES string of the molecule is COc1ccccc1-c1nnc(CCC(=O)NCCc2ccc(F)cc2)o1. The van der Waals surface area contributed by atoms with Crippen LogP contribution in [0.4, 0.5) is 4.39 Å². The number of aromatic nitrogens is 2. The summed E-state index contributed by atoms with van der Waals surface area (Å²) >= 11 is 0. The first kappa shape index (κ1) is 18.6. The largest absolute Gasteiger partial charge is 0.496 e. The van der Waals surface area contributed by atoms with Crippen molar-refractivity contribution < 1.29 is 18.3 Å². The topological polar surface area (TPSA) is 77.2 Å². The van der Waals surface area contributed by atoms with Gasteiger partial charge in [-0.05, 0) is 36.2 Å². The van der Waals surface area contributed by atoms with Crippen LogP contribution < -0.4 is 10.1 Å². The first-order valence-corrected chi connectivity index (χ1v) is 8.62. The predicted octanol–water partition coefficient (Wildman–Crippen LogP) is 3.18. The Morgan fingerprint density at radius 3 is 2.67 bits per heavy atom. The van der Waals surface area contributed by atoms with Crippen molar-refractivity contribution in [1.29, 1.82) is 0 Å². The van der Waals surface area contributed by atoms with E-state index in [9.17, 15) is 9.18 Å². The van der Waals surface area contributed by atoms with Gasteiger partial charge in [0, 0.05) is 19.4 Å². The molecular weight excluding hydrogens is 349 g/mol. The third-order valence-corrected chi connectivity index (χ3v) is 4.02. The van der Waals surface area contributed by atoms with Crippen molar-refractivity contribution in [3.05, 3.63) is 65.8 Å². The lowest BCUT2D eigenvalue weighted by molar-refractivity contribution is -0.121. The fourth-order valence-corrected chi connectivity index (χ4v) is 2.59. The van der Waals surface area contributed by atoms with Crippen LogP contribution in [0, 0.1) is 5.82 Å². The molecule has 6 nitrogen and oxygen atoms in total. The van der Waals surface area contributed by atoms with Crippen LogP contribution in [0.1, 0.15) is 17.9 Å². The Bertz CT molecular complexity index is 893. The summed E-state index contributed by atoms with van der Waals surface area (Å²) in [5.74, 6) is 1.03. The second-order valence-electron chi connectivity index (χ2n) is 5.93. The number of halogens is 1. The first-order valence-electron chi connectivity index (χ1n) is 8.62. The highest BCUT2D eigenvalue weighted by molar-refractivity contribution is 5.76. The van der Waals surface area contributed by atoms with Gasteiger partial charge in [-0.1, -0.05) is 24.3 Å². The lowest BCUT2D eigenvalue weighted by atomic mass is 10.1. The lowest BCUT2D eigenvalue weighted by Crippen LogP contribution is -2.25. The minimum Gasteiger partial charge on any atom is -0.496 e. The Morgan fingerprint density at radius 2 is 1.89 bits per heavy atom. The maximum absolute atomic E-state index is 12.9. The zero-order valence-corrected chi connectivity index (χ0v) is 14.9. The molecule has 0 fully saturated rings. The standard InChI is InChI=1S/C20H20FN3O3/c1-26-17-5-3-2-4-16(17)20-24-23-19(27-20)11-10-18(25)22-13-12-14-6-8-15(21)9-7-14/h2-9H,10-13H2,1H3,(H,22,25). The van der Waals surface area contributed by atoms with Gasteiger partial charge in [-0.3, -0.25) is 4.79 Å². The minimum absolute atomic E-state index is 0.103. The molecule has 0 aliphatic rings. The Labute approximate surface area is 156 Å². The van der Waals surface area contributed by atoms with Crippen molar-refractivity contribution in [2.24, 2.45) is 0 Å². The van der Waals surface area contributed by atoms with Crippen LogP contribution in [0.2, 0.25) is 0 Å². The monoisotopic (exact) mass is 369 g/mol. The van der Waals surface area contributed by atoms with Gasteiger partial charge >= 0.3 is 0 Å². The number of nitrogens with one attached hydrogen (secondary N) is 1. The summed E-state index contributed by atoms with van der Waals surface area (Å²) < 4.78 is 23.8. The normalized spacial score (nSPS) is 10.6. The van der Waals surface area contributed by atoms with Gasteiger partial charge < -0.3 is 14.5 Å². The molecule has 1 amide bonds. The maximum atomic E-state index is 12.9. The zero-order valence-electron chi connectivity index (χ0n) is 14.9. The molecule has 27 heavy (non-hydrogen) atoms. The quantitative estimate of drug-likeness (QED) is 0.660. The van der Waals surface area contributed by atoms with Crippen LogP contribution in [0.25, 0.3) is 11.5 Å². The molecule has 140 valence electrons. The second-order valence-corrected chi connectivity index (χ2v) is 5.93. The van der Waals surface area contributed by atoms with Crippen molar-refractivity contribution in [3.8, 4) is 17.2 Å². The highest BCUT2D eigenvalue weighted by atomic mass is 19.1. The van der Waals surface area contributed by atoms with E-state index in [1.807, 2.05) is 24.3 Å². The highest BCUT2D eigenvalue weighted by Crippen LogP contribution is 2.28. The molecular formula is C20H20FN3O3. The van der Waals surface area contributed by atoms with Crippen molar-refractivity contribution in [2.75, 3.05) is 13.7 Å². The van der Waals surface area contributed by atoms with E-state index in [1.54, 1.807) is 19.2 Å². The predicted molar refractivity (Wildman–Crippen MR) is 97.7 cm³/mol. The number of nitrogens with zero attached hydrogens (tertiary/aromatic N) is 2. The first-order chi connectivity index (χ1) is 13.2. The number of ether oxygens (including phenoxy) is 1. The van der Waals surface area contributed by atoms with E-state index >= 15 is 0 Å². The van der Waals surface area contributed by atoms with Crippen LogP contribution in [-0.4, -0.2) is 29.8 Å². The average Bonchev–Trinajstić information content (AvgIpc) is 3.17. The Morgan fingerprint density at radius 1 is 1.11 bits per heavy atom. The molecule has 0 radical (unpaired) electrons. The molecule has 0 spiro atoms. The molecule has 1 N–H and O–H groups in total. The van der Waals surface area contributed by atoms with E-state index in [-0.39, 0.29) is 18.1 Å². The zero-order chi connectivity index (χ0) is 19.1. The van der Waals surface area contributed by atoms with Gasteiger partial charge in [0.15, 0.2) is 0 Å². The Kier molecular flexibility index (Phi) is 6.14. The average molecular weight is 369 g/mol. The van der Waals surface area contributed by atoms with Crippen LogP contribution in [0.5, 0.6) is 5.75 Å². The third kappa shape index (κ3) is 5.13. The number of methoxy groups -OCH3 is 1. The molecule has 0 aliphatic heterocycles. The summed E-state index contributed by atoms with van der Waals surface area (Å²) in [6, 6.07) is 13.6. The number of amides is 1. The van der Waals surface area contributed by atoms with E-state index in [1.165, 1.54) is 12.1 Å². The fourth-order valence-electron chi connectivity index (χ4n) is 2.59. The van der Waals surface area contributed by atoms with Crippen molar-refractivity contribution in [1.82, 2.24) is 15.5 Å². The molecule has 2 aromatic carbocycles. The molecule has 1 heterocycles. The van der Waals surface area contributed by atoms with Crippen molar-refractivity contribution in [3.63, 3.8) is 0 Å². The van der Waals surface area contributed by atoms with Gasteiger partial charge in [-0.25, -0.2) is 4.39 Å². The summed E-state index contributed by atoms with van der Waals surface area (Å²) in [6.07, 6.45) is 1.24. The number of para-hydroxylation sites is 1. The Balaban J connectivity index is 1.46. The van der Waals surface area contributed by atoms with Gasteiger partial charge in [0.2, 0.25) is 11.8 Å². The van der Waals surface area contributed by atoms with Gasteiger partial charge in [0.25, 0.3) is 5.89 Å². The van der Waals surface area contributed by atoms with Crippen LogP contribution in [0.15, 0.2) is 52.9 Å². The van der Waals surface area contributed by atoms with Gasteiger partial charge in [0.05, 0.1) is 12.7 Å². The summed E-state index contributed by atoms with van der Waals surface area (Å²) in [6.45, 7) is 0.487. The second kappa shape index (κ2) is 8.93. The number of carbonyl (C=O) groups excluding carboxylic acids is 1.